The highest BCUT2D eigenvalue weighted by molar-refractivity contribution is 6.35. The van der Waals surface area contributed by atoms with E-state index in [0.717, 1.165) is 16.7 Å². The van der Waals surface area contributed by atoms with Crippen LogP contribution >= 0.6 is 11.6 Å². The molecular formula is C16H12ClF2N3O. The number of fused-ring (bicyclic) bond motifs is 1. The van der Waals surface area contributed by atoms with Crippen molar-refractivity contribution in [3.05, 3.63) is 69.2 Å². The zero-order chi connectivity index (χ0) is 16.6. The van der Waals surface area contributed by atoms with Gasteiger partial charge in [0.25, 0.3) is 5.56 Å². The summed E-state index contributed by atoms with van der Waals surface area (Å²) in [6.45, 7) is 0.175. The number of hydrogen-bond acceptors (Lipinski definition) is 3. The third kappa shape index (κ3) is 2.60. The Balaban J connectivity index is 2.48. The summed E-state index contributed by atoms with van der Waals surface area (Å²) >= 11 is 6.07. The largest absolute Gasteiger partial charge is 0.330 e. The van der Waals surface area contributed by atoms with Crippen LogP contribution in [0.3, 0.4) is 0 Å². The quantitative estimate of drug-likeness (QED) is 0.800. The molecular weight excluding hydrogens is 324 g/mol. The van der Waals surface area contributed by atoms with E-state index >= 15 is 0 Å². The molecule has 0 atom stereocenters. The van der Waals surface area contributed by atoms with Crippen molar-refractivity contribution in [3.8, 4) is 5.69 Å². The van der Waals surface area contributed by atoms with Crippen molar-refractivity contribution in [2.24, 2.45) is 5.73 Å². The Morgan fingerprint density at radius 1 is 1.13 bits per heavy atom. The van der Waals surface area contributed by atoms with Crippen LogP contribution in [0.1, 0.15) is 5.82 Å². The van der Waals surface area contributed by atoms with Crippen LogP contribution in [0.4, 0.5) is 8.78 Å². The second kappa shape index (κ2) is 6.06. The first-order valence-electron chi connectivity index (χ1n) is 6.89. The Labute approximate surface area is 135 Å². The number of nitrogens with zero attached hydrogens (tertiary/aromatic N) is 2. The molecule has 0 saturated heterocycles. The fourth-order valence-corrected chi connectivity index (χ4v) is 2.72. The highest BCUT2D eigenvalue weighted by Gasteiger charge is 2.19. The van der Waals surface area contributed by atoms with Crippen molar-refractivity contribution in [1.82, 2.24) is 9.55 Å². The number of rotatable bonds is 3. The Bertz CT molecular complexity index is 936. The van der Waals surface area contributed by atoms with Crippen LogP contribution < -0.4 is 11.3 Å². The lowest BCUT2D eigenvalue weighted by Crippen LogP contribution is -2.27. The van der Waals surface area contributed by atoms with Gasteiger partial charge in [-0.15, -0.1) is 0 Å². The van der Waals surface area contributed by atoms with Crippen LogP contribution in [0, 0.1) is 11.6 Å². The molecule has 0 unspecified atom stereocenters. The van der Waals surface area contributed by atoms with Gasteiger partial charge in [0.1, 0.15) is 23.1 Å². The van der Waals surface area contributed by atoms with Gasteiger partial charge in [-0.3, -0.25) is 9.36 Å². The Morgan fingerprint density at radius 2 is 1.78 bits per heavy atom. The van der Waals surface area contributed by atoms with Crippen LogP contribution in [0.5, 0.6) is 0 Å². The van der Waals surface area contributed by atoms with Gasteiger partial charge in [0.2, 0.25) is 0 Å². The van der Waals surface area contributed by atoms with E-state index in [1.165, 1.54) is 12.1 Å². The lowest BCUT2D eigenvalue weighted by Gasteiger charge is -2.15. The van der Waals surface area contributed by atoms with Crippen LogP contribution in [0.15, 0.2) is 41.2 Å². The number of nitrogens with two attached hydrogens (primary N) is 1. The molecule has 0 aliphatic heterocycles. The van der Waals surface area contributed by atoms with Gasteiger partial charge < -0.3 is 5.73 Å². The molecule has 0 radical (unpaired) electrons. The maximum Gasteiger partial charge on any atom is 0.267 e. The molecule has 1 aromatic heterocycles. The minimum atomic E-state index is -0.862. The molecule has 3 aromatic rings. The molecule has 2 N–H and O–H groups in total. The number of aromatic nitrogens is 2. The lowest BCUT2D eigenvalue weighted by molar-refractivity contribution is 0.561. The molecule has 3 rings (SSSR count). The number of hydrogen-bond donors (Lipinski definition) is 1. The zero-order valence-corrected chi connectivity index (χ0v) is 12.6. The fourth-order valence-electron chi connectivity index (χ4n) is 2.47. The predicted molar refractivity (Wildman–Crippen MR) is 85.0 cm³/mol. The van der Waals surface area contributed by atoms with Gasteiger partial charge in [0.15, 0.2) is 0 Å². The molecule has 118 valence electrons. The van der Waals surface area contributed by atoms with Crippen molar-refractivity contribution in [3.63, 3.8) is 0 Å². The molecule has 0 bridgehead atoms. The summed E-state index contributed by atoms with van der Waals surface area (Å²) in [6.07, 6.45) is 0.186. The normalized spacial score (nSPS) is 11.1. The third-order valence-corrected chi connectivity index (χ3v) is 3.76. The van der Waals surface area contributed by atoms with E-state index in [9.17, 15) is 13.6 Å². The van der Waals surface area contributed by atoms with E-state index in [1.54, 1.807) is 12.1 Å². The molecule has 0 aliphatic carbocycles. The third-order valence-electron chi connectivity index (χ3n) is 3.45. The van der Waals surface area contributed by atoms with Crippen molar-refractivity contribution in [1.29, 1.82) is 0 Å². The average molecular weight is 336 g/mol. The summed E-state index contributed by atoms with van der Waals surface area (Å²) in [4.78, 5) is 17.1. The van der Waals surface area contributed by atoms with Gasteiger partial charge in [-0.05, 0) is 30.8 Å². The van der Waals surface area contributed by atoms with E-state index in [-0.39, 0.29) is 29.2 Å². The summed E-state index contributed by atoms with van der Waals surface area (Å²) < 4.78 is 29.2. The minimum Gasteiger partial charge on any atom is -0.330 e. The summed E-state index contributed by atoms with van der Waals surface area (Å²) in [5.74, 6) is -1.55. The molecule has 0 spiro atoms. The first-order valence-corrected chi connectivity index (χ1v) is 7.27. The van der Waals surface area contributed by atoms with E-state index in [1.807, 2.05) is 0 Å². The first kappa shape index (κ1) is 15.6. The van der Waals surface area contributed by atoms with Crippen LogP contribution in [0.2, 0.25) is 5.02 Å². The number of para-hydroxylation sites is 1. The van der Waals surface area contributed by atoms with Gasteiger partial charge in [-0.1, -0.05) is 23.7 Å². The van der Waals surface area contributed by atoms with Crippen LogP contribution in [-0.4, -0.2) is 16.1 Å². The molecule has 1 heterocycles. The maximum atomic E-state index is 14.1. The van der Waals surface area contributed by atoms with E-state index in [2.05, 4.69) is 4.98 Å². The van der Waals surface area contributed by atoms with E-state index in [4.69, 9.17) is 17.3 Å². The average Bonchev–Trinajstić information content (AvgIpc) is 2.50. The van der Waals surface area contributed by atoms with Gasteiger partial charge in [0, 0.05) is 6.42 Å². The van der Waals surface area contributed by atoms with Gasteiger partial charge >= 0.3 is 0 Å². The minimum absolute atomic E-state index is 0.109. The topological polar surface area (TPSA) is 60.9 Å². The highest BCUT2D eigenvalue weighted by atomic mass is 35.5. The predicted octanol–water partition coefficient (Wildman–Crippen LogP) is 2.82. The Hall–Kier alpha value is -2.31. The molecule has 23 heavy (non-hydrogen) atoms. The summed E-state index contributed by atoms with van der Waals surface area (Å²) in [5.41, 5.74) is 4.79. The lowest BCUT2D eigenvalue weighted by atomic mass is 10.2. The monoisotopic (exact) mass is 335 g/mol. The molecule has 0 saturated carbocycles. The SMILES string of the molecule is NCCc1nc2cccc(Cl)c2c(=O)n1-c1c(F)cccc1F. The summed E-state index contributed by atoms with van der Waals surface area (Å²) in [7, 11) is 0. The molecule has 0 amide bonds. The van der Waals surface area contributed by atoms with Crippen molar-refractivity contribution in [2.75, 3.05) is 6.54 Å². The smallest absolute Gasteiger partial charge is 0.267 e. The molecule has 0 fully saturated rings. The van der Waals surface area contributed by atoms with Gasteiger partial charge in [-0.2, -0.15) is 0 Å². The Morgan fingerprint density at radius 3 is 2.43 bits per heavy atom. The number of benzene rings is 2. The highest BCUT2D eigenvalue weighted by Crippen LogP contribution is 2.22. The number of halogens is 3. The second-order valence-electron chi connectivity index (χ2n) is 4.91. The van der Waals surface area contributed by atoms with Gasteiger partial charge in [-0.25, -0.2) is 13.8 Å². The fraction of sp³-hybridized carbons (Fsp3) is 0.125. The molecule has 7 heteroatoms. The van der Waals surface area contributed by atoms with Crippen LogP contribution in [0.25, 0.3) is 16.6 Å². The molecule has 4 nitrogen and oxygen atoms in total. The van der Waals surface area contributed by atoms with Crippen LogP contribution in [-0.2, 0) is 6.42 Å². The first-order chi connectivity index (χ1) is 11.0. The second-order valence-corrected chi connectivity index (χ2v) is 5.32. The van der Waals surface area contributed by atoms with E-state index in [0.29, 0.717) is 5.52 Å². The van der Waals surface area contributed by atoms with Crippen molar-refractivity contribution < 1.29 is 8.78 Å². The summed E-state index contributed by atoms with van der Waals surface area (Å²) in [5, 5.41) is 0.280. The Kier molecular flexibility index (Phi) is 4.11. The maximum absolute atomic E-state index is 14.1. The summed E-state index contributed by atoms with van der Waals surface area (Å²) in [6, 6.07) is 8.17. The van der Waals surface area contributed by atoms with Crippen molar-refractivity contribution >= 4 is 22.5 Å². The standard InChI is InChI=1S/C16H12ClF2N3O/c17-9-3-1-6-12-14(9)16(23)22(13(21-12)7-8-20)15-10(18)4-2-5-11(15)19/h1-6H,7-8,20H2. The van der Waals surface area contributed by atoms with E-state index < -0.39 is 22.9 Å². The molecule has 2 aromatic carbocycles. The zero-order valence-electron chi connectivity index (χ0n) is 11.9. The molecule has 0 aliphatic rings. The van der Waals surface area contributed by atoms with Gasteiger partial charge in [0.05, 0.1) is 15.9 Å². The van der Waals surface area contributed by atoms with Crippen molar-refractivity contribution in [2.45, 2.75) is 6.42 Å².